The lowest BCUT2D eigenvalue weighted by atomic mass is 9.82. The molecule has 106 valence electrons. The Bertz CT molecular complexity index is 289. The molecule has 0 bridgehead atoms. The summed E-state index contributed by atoms with van der Waals surface area (Å²) in [6.07, 6.45) is 3.89. The second-order valence-electron chi connectivity index (χ2n) is 6.81. The molecule has 1 aliphatic carbocycles. The Balaban J connectivity index is 2.67. The quantitative estimate of drug-likeness (QED) is 0.816. The van der Waals surface area contributed by atoms with E-state index in [1.54, 1.807) is 0 Å². The van der Waals surface area contributed by atoms with Crippen LogP contribution in [0.2, 0.25) is 0 Å². The summed E-state index contributed by atoms with van der Waals surface area (Å²) < 4.78 is 5.32. The van der Waals surface area contributed by atoms with Gasteiger partial charge in [0.15, 0.2) is 0 Å². The molecule has 1 aliphatic rings. The van der Waals surface area contributed by atoms with Gasteiger partial charge in [-0.05, 0) is 39.5 Å². The van der Waals surface area contributed by atoms with E-state index in [9.17, 15) is 4.79 Å². The molecule has 0 aliphatic heterocycles. The number of rotatable bonds is 3. The van der Waals surface area contributed by atoms with Crippen molar-refractivity contribution < 1.29 is 9.53 Å². The molecule has 0 aromatic heterocycles. The summed E-state index contributed by atoms with van der Waals surface area (Å²) >= 11 is 0. The molecular weight excluding hydrogens is 228 g/mol. The highest BCUT2D eigenvalue weighted by molar-refractivity contribution is 5.68. The normalized spacial score (nSPS) is 20.8. The number of amides is 1. The summed E-state index contributed by atoms with van der Waals surface area (Å²) in [4.78, 5) is 11.9. The first-order valence-electron chi connectivity index (χ1n) is 6.92. The summed E-state index contributed by atoms with van der Waals surface area (Å²) in [7, 11) is 0. The molecule has 4 nitrogen and oxygen atoms in total. The maximum Gasteiger partial charge on any atom is 0.407 e. The Labute approximate surface area is 111 Å². The van der Waals surface area contributed by atoms with E-state index in [1.165, 1.54) is 0 Å². The first kappa shape index (κ1) is 15.3. The molecule has 0 aromatic carbocycles. The van der Waals surface area contributed by atoms with Crippen molar-refractivity contribution in [1.29, 1.82) is 0 Å². The molecule has 1 fully saturated rings. The highest BCUT2D eigenvalue weighted by atomic mass is 16.6. The number of ether oxygens (including phenoxy) is 1. The van der Waals surface area contributed by atoms with Gasteiger partial charge in [0.25, 0.3) is 0 Å². The van der Waals surface area contributed by atoms with Gasteiger partial charge >= 0.3 is 6.09 Å². The Morgan fingerprint density at radius 1 is 1.28 bits per heavy atom. The summed E-state index contributed by atoms with van der Waals surface area (Å²) in [5.41, 5.74) is 5.70. The van der Waals surface area contributed by atoms with Crippen LogP contribution in [0.25, 0.3) is 0 Å². The molecule has 0 aromatic rings. The molecule has 1 atom stereocenters. The van der Waals surface area contributed by atoms with Crippen LogP contribution in [0.4, 0.5) is 4.79 Å². The van der Waals surface area contributed by atoms with Gasteiger partial charge in [-0.3, -0.25) is 0 Å². The minimum atomic E-state index is -0.469. The highest BCUT2D eigenvalue weighted by Gasteiger charge is 2.40. The fourth-order valence-corrected chi connectivity index (χ4v) is 2.75. The fraction of sp³-hybridized carbons (Fsp3) is 0.929. The van der Waals surface area contributed by atoms with Crippen LogP contribution in [0.15, 0.2) is 0 Å². The Morgan fingerprint density at radius 2 is 1.78 bits per heavy atom. The van der Waals surface area contributed by atoms with Crippen molar-refractivity contribution in [3.05, 3.63) is 0 Å². The second-order valence-corrected chi connectivity index (χ2v) is 6.81. The molecule has 0 radical (unpaired) electrons. The van der Waals surface area contributed by atoms with Gasteiger partial charge < -0.3 is 15.8 Å². The molecule has 1 saturated carbocycles. The standard InChI is InChI=1S/C14H28N2O2/c1-10(2)11(14(15)8-6-7-9-14)16-12(17)18-13(3,4)5/h10-11H,6-9,15H2,1-5H3,(H,16,17). The third kappa shape index (κ3) is 4.16. The zero-order chi connectivity index (χ0) is 14.0. The molecule has 0 saturated heterocycles. The van der Waals surface area contributed by atoms with Crippen LogP contribution in [0.5, 0.6) is 0 Å². The van der Waals surface area contributed by atoms with Crippen LogP contribution in [-0.2, 0) is 4.74 Å². The topological polar surface area (TPSA) is 64.3 Å². The zero-order valence-corrected chi connectivity index (χ0v) is 12.4. The van der Waals surface area contributed by atoms with Crippen LogP contribution in [-0.4, -0.2) is 23.3 Å². The van der Waals surface area contributed by atoms with Crippen molar-refractivity contribution in [1.82, 2.24) is 5.32 Å². The smallest absolute Gasteiger partial charge is 0.407 e. The van der Waals surface area contributed by atoms with Gasteiger partial charge in [-0.1, -0.05) is 26.7 Å². The predicted octanol–water partition coefficient (Wildman–Crippen LogP) is 2.81. The first-order valence-corrected chi connectivity index (χ1v) is 6.92. The maximum atomic E-state index is 11.9. The number of nitrogens with two attached hydrogens (primary N) is 1. The van der Waals surface area contributed by atoms with Gasteiger partial charge in [0.2, 0.25) is 0 Å². The van der Waals surface area contributed by atoms with Crippen molar-refractivity contribution in [2.75, 3.05) is 0 Å². The monoisotopic (exact) mass is 256 g/mol. The minimum Gasteiger partial charge on any atom is -0.444 e. The average Bonchev–Trinajstić information content (AvgIpc) is 2.59. The van der Waals surface area contributed by atoms with Crippen LogP contribution < -0.4 is 11.1 Å². The van der Waals surface area contributed by atoms with Crippen LogP contribution in [0.1, 0.15) is 60.3 Å². The number of hydrogen-bond donors (Lipinski definition) is 2. The minimum absolute atomic E-state index is 0.0187. The highest BCUT2D eigenvalue weighted by Crippen LogP contribution is 2.33. The van der Waals surface area contributed by atoms with E-state index in [2.05, 4.69) is 19.2 Å². The van der Waals surface area contributed by atoms with E-state index in [1.807, 2.05) is 20.8 Å². The lowest BCUT2D eigenvalue weighted by molar-refractivity contribution is 0.0453. The molecule has 1 rings (SSSR count). The largest absolute Gasteiger partial charge is 0.444 e. The summed E-state index contributed by atoms with van der Waals surface area (Å²) in [5, 5.41) is 2.97. The van der Waals surface area contributed by atoms with E-state index in [4.69, 9.17) is 10.5 Å². The van der Waals surface area contributed by atoms with E-state index in [0.29, 0.717) is 5.92 Å². The van der Waals surface area contributed by atoms with Crippen molar-refractivity contribution in [3.8, 4) is 0 Å². The van der Waals surface area contributed by atoms with E-state index >= 15 is 0 Å². The van der Waals surface area contributed by atoms with Gasteiger partial charge in [0.1, 0.15) is 5.60 Å². The maximum absolute atomic E-state index is 11.9. The van der Waals surface area contributed by atoms with Crippen molar-refractivity contribution in [2.24, 2.45) is 11.7 Å². The molecule has 0 heterocycles. The zero-order valence-electron chi connectivity index (χ0n) is 12.4. The fourth-order valence-electron chi connectivity index (χ4n) is 2.75. The third-order valence-corrected chi connectivity index (χ3v) is 3.49. The van der Waals surface area contributed by atoms with E-state index in [0.717, 1.165) is 25.7 Å². The van der Waals surface area contributed by atoms with Crippen LogP contribution in [0.3, 0.4) is 0 Å². The van der Waals surface area contributed by atoms with Crippen molar-refractivity contribution >= 4 is 6.09 Å². The SMILES string of the molecule is CC(C)C(NC(=O)OC(C)(C)C)C1(N)CCCC1. The van der Waals surface area contributed by atoms with Crippen LogP contribution in [0, 0.1) is 5.92 Å². The Morgan fingerprint density at radius 3 is 2.17 bits per heavy atom. The third-order valence-electron chi connectivity index (χ3n) is 3.49. The predicted molar refractivity (Wildman–Crippen MR) is 73.4 cm³/mol. The van der Waals surface area contributed by atoms with Gasteiger partial charge in [0, 0.05) is 5.54 Å². The number of carbonyl (C=O) groups is 1. The first-order chi connectivity index (χ1) is 8.14. The Hall–Kier alpha value is -0.770. The molecule has 0 spiro atoms. The number of alkyl carbamates (subject to hydrolysis) is 1. The molecule has 3 N–H and O–H groups in total. The van der Waals surface area contributed by atoms with Gasteiger partial charge in [-0.2, -0.15) is 0 Å². The van der Waals surface area contributed by atoms with Gasteiger partial charge in [-0.25, -0.2) is 4.79 Å². The van der Waals surface area contributed by atoms with Crippen LogP contribution >= 0.6 is 0 Å². The van der Waals surface area contributed by atoms with E-state index in [-0.39, 0.29) is 17.7 Å². The summed E-state index contributed by atoms with van der Waals surface area (Å²) in [6.45, 7) is 9.78. The summed E-state index contributed by atoms with van der Waals surface area (Å²) in [5.74, 6) is 0.306. The second kappa shape index (κ2) is 5.47. The van der Waals surface area contributed by atoms with Crippen molar-refractivity contribution in [2.45, 2.75) is 77.5 Å². The molecular formula is C14H28N2O2. The molecule has 4 heteroatoms. The summed E-state index contributed by atoms with van der Waals surface area (Å²) in [6, 6.07) is -0.0187. The van der Waals surface area contributed by atoms with E-state index < -0.39 is 5.60 Å². The van der Waals surface area contributed by atoms with Crippen molar-refractivity contribution in [3.63, 3.8) is 0 Å². The number of nitrogens with one attached hydrogen (secondary N) is 1. The number of carbonyl (C=O) groups excluding carboxylic acids is 1. The molecule has 1 amide bonds. The average molecular weight is 256 g/mol. The lowest BCUT2D eigenvalue weighted by Gasteiger charge is -2.37. The molecule has 1 unspecified atom stereocenters. The Kier molecular flexibility index (Phi) is 4.65. The van der Waals surface area contributed by atoms with Gasteiger partial charge in [0.05, 0.1) is 6.04 Å². The molecule has 18 heavy (non-hydrogen) atoms. The van der Waals surface area contributed by atoms with Gasteiger partial charge in [-0.15, -0.1) is 0 Å². The lowest BCUT2D eigenvalue weighted by Crippen LogP contribution is -2.59. The number of hydrogen-bond acceptors (Lipinski definition) is 3.